The minimum absolute atomic E-state index is 0. The predicted octanol–water partition coefficient (Wildman–Crippen LogP) is 3.25. The smallest absolute Gasteiger partial charge is 0.191 e. The van der Waals surface area contributed by atoms with Crippen LogP contribution in [0.5, 0.6) is 0 Å². The van der Waals surface area contributed by atoms with Crippen LogP contribution in [0.2, 0.25) is 0 Å². The van der Waals surface area contributed by atoms with Gasteiger partial charge in [0.15, 0.2) is 5.96 Å². The Bertz CT molecular complexity index is 583. The number of thioether (sulfide) groups is 1. The highest BCUT2D eigenvalue weighted by atomic mass is 127. The van der Waals surface area contributed by atoms with Crippen LogP contribution in [0, 0.1) is 0 Å². The number of benzene rings is 1. The highest BCUT2D eigenvalue weighted by molar-refractivity contribution is 14.0. The van der Waals surface area contributed by atoms with Crippen molar-refractivity contribution in [3.63, 3.8) is 0 Å². The lowest BCUT2D eigenvalue weighted by Gasteiger charge is -2.34. The molecule has 160 valence electrons. The fraction of sp³-hybridized carbons (Fsp3) is 0.667. The average molecular weight is 520 g/mol. The lowest BCUT2D eigenvalue weighted by molar-refractivity contribution is 0.132. The molecule has 0 unspecified atom stereocenters. The van der Waals surface area contributed by atoms with Crippen molar-refractivity contribution < 1.29 is 0 Å². The van der Waals surface area contributed by atoms with Crippen molar-refractivity contribution in [1.29, 1.82) is 0 Å². The maximum atomic E-state index is 4.32. The molecular weight excluding hydrogens is 481 g/mol. The Kier molecular flexibility index (Phi) is 11.8. The Morgan fingerprint density at radius 1 is 1.04 bits per heavy atom. The van der Waals surface area contributed by atoms with Crippen LogP contribution < -0.4 is 10.6 Å². The number of hydrogen-bond donors (Lipinski definition) is 2. The van der Waals surface area contributed by atoms with Gasteiger partial charge in [0.1, 0.15) is 0 Å². The molecule has 0 saturated carbocycles. The number of guanidine groups is 1. The third-order valence-electron chi connectivity index (χ3n) is 5.26. The van der Waals surface area contributed by atoms with Crippen LogP contribution in [0.25, 0.3) is 0 Å². The van der Waals surface area contributed by atoms with Crippen LogP contribution in [0.3, 0.4) is 0 Å². The molecule has 0 atom stereocenters. The molecule has 7 heteroatoms. The van der Waals surface area contributed by atoms with Crippen LogP contribution in [-0.2, 0) is 13.1 Å². The van der Waals surface area contributed by atoms with Crippen LogP contribution in [0.15, 0.2) is 29.3 Å². The van der Waals surface area contributed by atoms with E-state index in [0.717, 1.165) is 25.6 Å². The normalized spacial score (nSPS) is 16.5. The summed E-state index contributed by atoms with van der Waals surface area (Å²) >= 11 is 1.86. The molecule has 0 radical (unpaired) electrons. The second kappa shape index (κ2) is 12.9. The van der Waals surface area contributed by atoms with Gasteiger partial charge >= 0.3 is 0 Å². The summed E-state index contributed by atoms with van der Waals surface area (Å²) in [5.41, 5.74) is 2.68. The summed E-state index contributed by atoms with van der Waals surface area (Å²) in [5.74, 6) is 0.856. The molecule has 0 aliphatic carbocycles. The van der Waals surface area contributed by atoms with Gasteiger partial charge in [-0.25, -0.2) is 0 Å². The number of piperazine rings is 1. The highest BCUT2D eigenvalue weighted by Crippen LogP contribution is 2.19. The van der Waals surface area contributed by atoms with Crippen LogP contribution in [-0.4, -0.2) is 73.1 Å². The summed E-state index contributed by atoms with van der Waals surface area (Å²) in [7, 11) is 1.82. The van der Waals surface area contributed by atoms with Crippen molar-refractivity contribution in [2.24, 2.45) is 4.99 Å². The Balaban J connectivity index is 0.00000392. The number of likely N-dealkylation sites (N-methyl/N-ethyl adjacent to an activating group) is 1. The molecule has 2 rings (SSSR count). The molecule has 0 spiro atoms. The second-order valence-electron chi connectivity index (χ2n) is 7.77. The topological polar surface area (TPSA) is 42.9 Å². The van der Waals surface area contributed by atoms with E-state index in [1.54, 1.807) is 0 Å². The zero-order valence-corrected chi connectivity index (χ0v) is 21.3. The summed E-state index contributed by atoms with van der Waals surface area (Å²) < 4.78 is 0.196. The Hall–Kier alpha value is -0.510. The maximum Gasteiger partial charge on any atom is 0.191 e. The first kappa shape index (κ1) is 25.5. The zero-order chi connectivity index (χ0) is 19.7. The fourth-order valence-electron chi connectivity index (χ4n) is 3.06. The van der Waals surface area contributed by atoms with Gasteiger partial charge < -0.3 is 15.5 Å². The molecule has 1 aromatic rings. The standard InChI is InChI=1S/C21H37N5S.HI/c1-6-25-11-13-26(14-12-25)16-19-9-7-18(8-10-19)15-23-20(22-4)24-17-21(2,3)27-5;/h7-10H,6,11-17H2,1-5H3,(H2,22,23,24);1H. The lowest BCUT2D eigenvalue weighted by Crippen LogP contribution is -2.45. The minimum atomic E-state index is 0. The molecule has 2 N–H and O–H groups in total. The van der Waals surface area contributed by atoms with Gasteiger partial charge in [-0.1, -0.05) is 31.2 Å². The Labute approximate surface area is 193 Å². The fourth-order valence-corrected chi connectivity index (χ4v) is 3.28. The minimum Gasteiger partial charge on any atom is -0.355 e. The number of rotatable bonds is 8. The van der Waals surface area contributed by atoms with Gasteiger partial charge in [-0.3, -0.25) is 9.89 Å². The van der Waals surface area contributed by atoms with E-state index in [0.29, 0.717) is 0 Å². The van der Waals surface area contributed by atoms with Gasteiger partial charge in [-0.05, 0) is 37.8 Å². The molecule has 0 aromatic heterocycles. The Morgan fingerprint density at radius 3 is 2.14 bits per heavy atom. The molecule has 1 saturated heterocycles. The number of aliphatic imine (C=N–C) groups is 1. The maximum absolute atomic E-state index is 4.32. The summed E-state index contributed by atoms with van der Waals surface area (Å²) in [6.45, 7) is 15.3. The van der Waals surface area contributed by atoms with Gasteiger partial charge in [0.25, 0.3) is 0 Å². The van der Waals surface area contributed by atoms with E-state index >= 15 is 0 Å². The zero-order valence-electron chi connectivity index (χ0n) is 18.1. The predicted molar refractivity (Wildman–Crippen MR) is 135 cm³/mol. The molecular formula is C21H38IN5S. The molecule has 1 heterocycles. The SMILES string of the molecule is CCN1CCN(Cc2ccc(CNC(=NC)NCC(C)(C)SC)cc2)CC1.I. The molecule has 1 fully saturated rings. The number of nitrogens with one attached hydrogen (secondary N) is 2. The number of nitrogens with zero attached hydrogens (tertiary/aromatic N) is 3. The lowest BCUT2D eigenvalue weighted by atomic mass is 10.1. The van der Waals surface area contributed by atoms with Crippen LogP contribution in [0.1, 0.15) is 31.9 Å². The van der Waals surface area contributed by atoms with Crippen molar-refractivity contribution in [3.8, 4) is 0 Å². The van der Waals surface area contributed by atoms with E-state index in [1.165, 1.54) is 43.9 Å². The van der Waals surface area contributed by atoms with E-state index in [9.17, 15) is 0 Å². The quantitative estimate of drug-likeness (QED) is 0.314. The van der Waals surface area contributed by atoms with Gasteiger partial charge in [0.05, 0.1) is 0 Å². The largest absolute Gasteiger partial charge is 0.355 e. The van der Waals surface area contributed by atoms with E-state index in [4.69, 9.17) is 0 Å². The van der Waals surface area contributed by atoms with Crippen molar-refractivity contribution in [3.05, 3.63) is 35.4 Å². The third kappa shape index (κ3) is 8.88. The first-order chi connectivity index (χ1) is 13.0. The molecule has 28 heavy (non-hydrogen) atoms. The average Bonchev–Trinajstić information content (AvgIpc) is 2.70. The highest BCUT2D eigenvalue weighted by Gasteiger charge is 2.16. The number of halogens is 1. The van der Waals surface area contributed by atoms with Gasteiger partial charge in [0.2, 0.25) is 0 Å². The van der Waals surface area contributed by atoms with Gasteiger partial charge in [0, 0.05) is 57.6 Å². The van der Waals surface area contributed by atoms with Crippen molar-refractivity contribution in [2.75, 3.05) is 52.6 Å². The molecule has 1 aliphatic rings. The molecule has 5 nitrogen and oxygen atoms in total. The molecule has 0 bridgehead atoms. The van der Waals surface area contributed by atoms with Crippen LogP contribution in [0.4, 0.5) is 0 Å². The van der Waals surface area contributed by atoms with Crippen molar-refractivity contribution >= 4 is 41.7 Å². The first-order valence-corrected chi connectivity index (χ1v) is 11.2. The van der Waals surface area contributed by atoms with E-state index < -0.39 is 0 Å². The van der Waals surface area contributed by atoms with E-state index in [-0.39, 0.29) is 28.7 Å². The van der Waals surface area contributed by atoms with Crippen LogP contribution >= 0.6 is 35.7 Å². The summed E-state index contributed by atoms with van der Waals surface area (Å²) in [6.07, 6.45) is 2.14. The Morgan fingerprint density at radius 2 is 1.61 bits per heavy atom. The second-order valence-corrected chi connectivity index (χ2v) is 9.28. The van der Waals surface area contributed by atoms with Gasteiger partial charge in [-0.15, -0.1) is 24.0 Å². The number of hydrogen-bond acceptors (Lipinski definition) is 4. The molecule has 0 amide bonds. The monoisotopic (exact) mass is 519 g/mol. The summed E-state index contributed by atoms with van der Waals surface area (Å²) in [5, 5.41) is 6.82. The summed E-state index contributed by atoms with van der Waals surface area (Å²) in [4.78, 5) is 9.40. The van der Waals surface area contributed by atoms with Crippen molar-refractivity contribution in [2.45, 2.75) is 38.6 Å². The van der Waals surface area contributed by atoms with Gasteiger partial charge in [-0.2, -0.15) is 11.8 Å². The van der Waals surface area contributed by atoms with E-state index in [2.05, 4.69) is 76.7 Å². The first-order valence-electron chi connectivity index (χ1n) is 9.98. The molecule has 1 aromatic carbocycles. The summed E-state index contributed by atoms with van der Waals surface area (Å²) in [6, 6.07) is 8.97. The third-order valence-corrected chi connectivity index (χ3v) is 6.51. The molecule has 1 aliphatic heterocycles. The van der Waals surface area contributed by atoms with Crippen molar-refractivity contribution in [1.82, 2.24) is 20.4 Å². The van der Waals surface area contributed by atoms with E-state index in [1.807, 2.05) is 18.8 Å².